The average molecular weight is 242 g/mol. The van der Waals surface area contributed by atoms with Gasteiger partial charge >= 0.3 is 0 Å². The predicted molar refractivity (Wildman–Crippen MR) is 68.1 cm³/mol. The van der Waals surface area contributed by atoms with Crippen LogP contribution in [-0.4, -0.2) is 61.0 Å². The predicted octanol–water partition coefficient (Wildman–Crippen LogP) is 0.600. The summed E-state index contributed by atoms with van der Waals surface area (Å²) in [6.45, 7) is 5.67. The molecule has 1 saturated carbocycles. The van der Waals surface area contributed by atoms with Crippen molar-refractivity contribution in [3.8, 4) is 0 Å². The van der Waals surface area contributed by atoms with Crippen LogP contribution < -0.4 is 5.32 Å². The van der Waals surface area contributed by atoms with Crippen LogP contribution in [0, 0.1) is 0 Å². The molecule has 0 amide bonds. The molecule has 1 heterocycles. The zero-order valence-corrected chi connectivity index (χ0v) is 11.1. The van der Waals surface area contributed by atoms with E-state index in [4.69, 9.17) is 4.74 Å². The largest absolute Gasteiger partial charge is 0.390 e. The molecule has 2 atom stereocenters. The Labute approximate surface area is 104 Å². The van der Waals surface area contributed by atoms with Gasteiger partial charge in [-0.25, -0.2) is 0 Å². The Hall–Kier alpha value is -0.160. The van der Waals surface area contributed by atoms with Crippen LogP contribution in [0.2, 0.25) is 0 Å². The minimum atomic E-state index is -0.255. The molecule has 0 aromatic rings. The standard InChI is InChI=1S/C13H26N2O2/c1-13(17-2)6-3-7-15(10-13)9-12(16)8-14-11-4-5-11/h11-12,14,16H,3-10H2,1-2H3. The summed E-state index contributed by atoms with van der Waals surface area (Å²) in [5.41, 5.74) is -0.0259. The minimum absolute atomic E-state index is 0.0259. The van der Waals surface area contributed by atoms with Crippen LogP contribution in [0.15, 0.2) is 0 Å². The molecule has 2 aliphatic rings. The van der Waals surface area contributed by atoms with Gasteiger partial charge in [0.1, 0.15) is 0 Å². The van der Waals surface area contributed by atoms with Crippen LogP contribution in [0.5, 0.6) is 0 Å². The van der Waals surface area contributed by atoms with Gasteiger partial charge in [-0.15, -0.1) is 0 Å². The van der Waals surface area contributed by atoms with Gasteiger partial charge in [0, 0.05) is 32.8 Å². The maximum Gasteiger partial charge on any atom is 0.0791 e. The van der Waals surface area contributed by atoms with E-state index in [2.05, 4.69) is 17.1 Å². The van der Waals surface area contributed by atoms with E-state index in [-0.39, 0.29) is 11.7 Å². The van der Waals surface area contributed by atoms with Gasteiger partial charge in [0.2, 0.25) is 0 Å². The first-order chi connectivity index (χ1) is 8.11. The maximum atomic E-state index is 9.98. The van der Waals surface area contributed by atoms with Crippen molar-refractivity contribution < 1.29 is 9.84 Å². The number of rotatable bonds is 6. The number of methoxy groups -OCH3 is 1. The number of likely N-dealkylation sites (tertiary alicyclic amines) is 1. The van der Waals surface area contributed by atoms with Crippen molar-refractivity contribution in [2.75, 3.05) is 33.3 Å². The maximum absolute atomic E-state index is 9.98. The van der Waals surface area contributed by atoms with Crippen LogP contribution in [0.25, 0.3) is 0 Å². The number of aliphatic hydroxyl groups excluding tert-OH is 1. The lowest BCUT2D eigenvalue weighted by Crippen LogP contribution is -2.50. The van der Waals surface area contributed by atoms with Crippen LogP contribution >= 0.6 is 0 Å². The lowest BCUT2D eigenvalue weighted by molar-refractivity contribution is -0.0582. The van der Waals surface area contributed by atoms with Crippen molar-refractivity contribution in [2.45, 2.75) is 50.4 Å². The molecule has 0 radical (unpaired) electrons. The molecule has 0 spiro atoms. The fourth-order valence-corrected chi connectivity index (χ4v) is 2.58. The molecule has 1 aliphatic carbocycles. The van der Waals surface area contributed by atoms with Crippen molar-refractivity contribution >= 4 is 0 Å². The second-order valence-electron chi connectivity index (χ2n) is 5.83. The highest BCUT2D eigenvalue weighted by Gasteiger charge is 2.31. The van der Waals surface area contributed by atoms with E-state index in [1.165, 1.54) is 12.8 Å². The molecule has 0 aromatic carbocycles. The van der Waals surface area contributed by atoms with Gasteiger partial charge in [0.15, 0.2) is 0 Å². The second-order valence-corrected chi connectivity index (χ2v) is 5.83. The van der Waals surface area contributed by atoms with Gasteiger partial charge in [-0.2, -0.15) is 0 Å². The van der Waals surface area contributed by atoms with Gasteiger partial charge in [0.25, 0.3) is 0 Å². The molecule has 17 heavy (non-hydrogen) atoms. The van der Waals surface area contributed by atoms with E-state index in [9.17, 15) is 5.11 Å². The molecule has 0 aromatic heterocycles. The zero-order valence-electron chi connectivity index (χ0n) is 11.1. The summed E-state index contributed by atoms with van der Waals surface area (Å²) in [5, 5.41) is 13.3. The lowest BCUT2D eigenvalue weighted by Gasteiger charge is -2.40. The molecule has 1 saturated heterocycles. The van der Waals surface area contributed by atoms with Gasteiger partial charge in [-0.05, 0) is 39.2 Å². The average Bonchev–Trinajstić information content (AvgIpc) is 3.10. The first-order valence-electron chi connectivity index (χ1n) is 6.80. The third-order valence-corrected chi connectivity index (χ3v) is 3.92. The van der Waals surface area contributed by atoms with Gasteiger partial charge < -0.3 is 15.2 Å². The number of aliphatic hydroxyl groups is 1. The van der Waals surface area contributed by atoms with Gasteiger partial charge in [-0.3, -0.25) is 4.90 Å². The summed E-state index contributed by atoms with van der Waals surface area (Å²) >= 11 is 0. The SMILES string of the molecule is COC1(C)CCCN(CC(O)CNC2CC2)C1. The minimum Gasteiger partial charge on any atom is -0.390 e. The van der Waals surface area contributed by atoms with Crippen LogP contribution in [0.3, 0.4) is 0 Å². The van der Waals surface area contributed by atoms with Crippen molar-refractivity contribution in [2.24, 2.45) is 0 Å². The number of nitrogens with one attached hydrogen (secondary N) is 1. The highest BCUT2D eigenvalue weighted by Crippen LogP contribution is 2.24. The topological polar surface area (TPSA) is 44.7 Å². The number of β-amino-alcohol motifs (C(OH)–C–C–N with tert-alkyl or cyclic N) is 1. The van der Waals surface area contributed by atoms with Crippen LogP contribution in [-0.2, 0) is 4.74 Å². The van der Waals surface area contributed by atoms with E-state index < -0.39 is 0 Å². The third-order valence-electron chi connectivity index (χ3n) is 3.92. The van der Waals surface area contributed by atoms with Crippen molar-refractivity contribution in [3.63, 3.8) is 0 Å². The smallest absolute Gasteiger partial charge is 0.0791 e. The van der Waals surface area contributed by atoms with Crippen molar-refractivity contribution in [1.29, 1.82) is 0 Å². The fraction of sp³-hybridized carbons (Fsp3) is 1.00. The summed E-state index contributed by atoms with van der Waals surface area (Å²) in [4.78, 5) is 2.33. The van der Waals surface area contributed by atoms with E-state index in [0.717, 1.165) is 39.0 Å². The van der Waals surface area contributed by atoms with E-state index in [1.807, 2.05) is 0 Å². The van der Waals surface area contributed by atoms with Gasteiger partial charge in [0.05, 0.1) is 11.7 Å². The van der Waals surface area contributed by atoms with Crippen molar-refractivity contribution in [3.05, 3.63) is 0 Å². The molecule has 2 fully saturated rings. The Balaban J connectivity index is 1.69. The third kappa shape index (κ3) is 4.21. The van der Waals surface area contributed by atoms with Crippen LogP contribution in [0.4, 0.5) is 0 Å². The second kappa shape index (κ2) is 5.65. The molecule has 2 N–H and O–H groups in total. The molecule has 100 valence electrons. The summed E-state index contributed by atoms with van der Waals surface area (Å²) in [7, 11) is 1.79. The molecule has 1 aliphatic heterocycles. The number of nitrogens with zero attached hydrogens (tertiary/aromatic N) is 1. The summed E-state index contributed by atoms with van der Waals surface area (Å²) < 4.78 is 5.56. The molecule has 0 bridgehead atoms. The molecule has 2 unspecified atom stereocenters. The summed E-state index contributed by atoms with van der Waals surface area (Å²) in [6, 6.07) is 0.676. The Morgan fingerprint density at radius 1 is 1.53 bits per heavy atom. The Bertz CT molecular complexity index is 246. The highest BCUT2D eigenvalue weighted by molar-refractivity contribution is 4.86. The quantitative estimate of drug-likeness (QED) is 0.716. The monoisotopic (exact) mass is 242 g/mol. The molecular weight excluding hydrogens is 216 g/mol. The summed E-state index contributed by atoms with van der Waals surface area (Å²) in [5.74, 6) is 0. The number of ether oxygens (including phenoxy) is 1. The lowest BCUT2D eigenvalue weighted by atomic mass is 9.94. The fourth-order valence-electron chi connectivity index (χ4n) is 2.58. The van der Waals surface area contributed by atoms with E-state index in [0.29, 0.717) is 6.04 Å². The Morgan fingerprint density at radius 2 is 2.29 bits per heavy atom. The molecule has 4 heteroatoms. The normalized spacial score (nSPS) is 32.6. The van der Waals surface area contributed by atoms with E-state index in [1.54, 1.807) is 7.11 Å². The zero-order chi connectivity index (χ0) is 12.3. The Morgan fingerprint density at radius 3 is 2.94 bits per heavy atom. The Kier molecular flexibility index (Phi) is 4.42. The molecule has 4 nitrogen and oxygen atoms in total. The van der Waals surface area contributed by atoms with Gasteiger partial charge in [-0.1, -0.05) is 0 Å². The van der Waals surface area contributed by atoms with Crippen molar-refractivity contribution in [1.82, 2.24) is 10.2 Å². The van der Waals surface area contributed by atoms with E-state index >= 15 is 0 Å². The van der Waals surface area contributed by atoms with Crippen LogP contribution in [0.1, 0.15) is 32.6 Å². The number of hydrogen-bond acceptors (Lipinski definition) is 4. The molecular formula is C13H26N2O2. The first kappa shape index (κ1) is 13.3. The number of piperidine rings is 1. The number of hydrogen-bond donors (Lipinski definition) is 2. The first-order valence-corrected chi connectivity index (χ1v) is 6.80. The molecule has 2 rings (SSSR count). The summed E-state index contributed by atoms with van der Waals surface area (Å²) in [6.07, 6.45) is 4.58. The highest BCUT2D eigenvalue weighted by atomic mass is 16.5.